The number of hydrogen-bond acceptors (Lipinski definition) is 4. The minimum Gasteiger partial charge on any atom is -0.496 e. The maximum absolute atomic E-state index is 12.3. The van der Waals surface area contributed by atoms with Crippen LogP contribution in [-0.2, 0) is 21.2 Å². The summed E-state index contributed by atoms with van der Waals surface area (Å²) < 4.78 is 28.4. The van der Waals surface area contributed by atoms with Gasteiger partial charge in [0.2, 0.25) is 15.9 Å². The minimum absolute atomic E-state index is 0.0179. The highest BCUT2D eigenvalue weighted by Crippen LogP contribution is 2.24. The number of ether oxygens (including phenoxy) is 1. The molecule has 0 spiro atoms. The number of sulfonamides is 1. The molecule has 0 aliphatic carbocycles. The largest absolute Gasteiger partial charge is 0.496 e. The molecule has 0 atom stereocenters. The van der Waals surface area contributed by atoms with Crippen LogP contribution in [0, 0.1) is 13.8 Å². The van der Waals surface area contributed by atoms with Crippen molar-refractivity contribution in [2.24, 2.45) is 5.14 Å². The first-order valence-corrected chi connectivity index (χ1v) is 9.33. The van der Waals surface area contributed by atoms with E-state index in [-0.39, 0.29) is 17.2 Å². The summed E-state index contributed by atoms with van der Waals surface area (Å²) in [4.78, 5) is 12.3. The van der Waals surface area contributed by atoms with Crippen molar-refractivity contribution in [3.05, 3.63) is 53.1 Å². The molecule has 3 N–H and O–H groups in total. The molecule has 0 aromatic heterocycles. The number of carbonyl (C=O) groups excluding carboxylic acids is 1. The second-order valence-corrected chi connectivity index (χ2v) is 7.38. The molecule has 0 radical (unpaired) electrons. The van der Waals surface area contributed by atoms with Gasteiger partial charge >= 0.3 is 0 Å². The van der Waals surface area contributed by atoms with Gasteiger partial charge in [0.1, 0.15) is 5.75 Å². The van der Waals surface area contributed by atoms with E-state index in [4.69, 9.17) is 9.88 Å². The standard InChI is InChI=1S/C18H22N2O4S/c1-12-10-15(25(19,22)23)11-16(13(12)2)20-18(21)9-8-14-6-4-5-7-17(14)24-3/h4-7,10-11H,8-9H2,1-3H3,(H,20,21)(H2,19,22,23). The average molecular weight is 362 g/mol. The van der Waals surface area contributed by atoms with Gasteiger partial charge in [-0.3, -0.25) is 4.79 Å². The van der Waals surface area contributed by atoms with Crippen molar-refractivity contribution in [3.63, 3.8) is 0 Å². The van der Waals surface area contributed by atoms with E-state index < -0.39 is 10.0 Å². The van der Waals surface area contributed by atoms with Crippen LogP contribution in [0.3, 0.4) is 0 Å². The van der Waals surface area contributed by atoms with Crippen molar-refractivity contribution >= 4 is 21.6 Å². The van der Waals surface area contributed by atoms with Crippen LogP contribution in [0.15, 0.2) is 41.3 Å². The zero-order valence-electron chi connectivity index (χ0n) is 14.5. The van der Waals surface area contributed by atoms with Crippen LogP contribution in [0.25, 0.3) is 0 Å². The Morgan fingerprint density at radius 1 is 1.20 bits per heavy atom. The lowest BCUT2D eigenvalue weighted by atomic mass is 10.1. The number of para-hydroxylation sites is 1. The van der Waals surface area contributed by atoms with Crippen molar-refractivity contribution < 1.29 is 17.9 Å². The monoisotopic (exact) mass is 362 g/mol. The Hall–Kier alpha value is -2.38. The zero-order valence-corrected chi connectivity index (χ0v) is 15.3. The third-order valence-corrected chi connectivity index (χ3v) is 4.95. The van der Waals surface area contributed by atoms with Crippen molar-refractivity contribution in [1.29, 1.82) is 0 Å². The Kier molecular flexibility index (Phi) is 5.81. The molecule has 7 heteroatoms. The third kappa shape index (κ3) is 4.80. The lowest BCUT2D eigenvalue weighted by Crippen LogP contribution is -2.16. The quantitative estimate of drug-likeness (QED) is 0.825. The van der Waals surface area contributed by atoms with Crippen LogP contribution in [0.4, 0.5) is 5.69 Å². The van der Waals surface area contributed by atoms with Gasteiger partial charge in [-0.2, -0.15) is 0 Å². The van der Waals surface area contributed by atoms with Gasteiger partial charge in [0.25, 0.3) is 0 Å². The third-order valence-electron chi connectivity index (χ3n) is 4.06. The van der Waals surface area contributed by atoms with Gasteiger partial charge in [-0.15, -0.1) is 0 Å². The summed E-state index contributed by atoms with van der Waals surface area (Å²) in [6, 6.07) is 10.4. The van der Waals surface area contributed by atoms with E-state index in [2.05, 4.69) is 5.32 Å². The van der Waals surface area contributed by atoms with Crippen molar-refractivity contribution in [2.45, 2.75) is 31.6 Å². The molecular formula is C18H22N2O4S. The summed E-state index contributed by atoms with van der Waals surface area (Å²) in [5.74, 6) is 0.526. The Morgan fingerprint density at radius 2 is 1.88 bits per heavy atom. The average Bonchev–Trinajstić information content (AvgIpc) is 2.56. The SMILES string of the molecule is COc1ccccc1CCC(=O)Nc1cc(S(N)(=O)=O)cc(C)c1C. The molecule has 0 saturated heterocycles. The first-order chi connectivity index (χ1) is 11.7. The minimum atomic E-state index is -3.83. The summed E-state index contributed by atoms with van der Waals surface area (Å²) in [6.45, 7) is 3.59. The molecule has 134 valence electrons. The van der Waals surface area contributed by atoms with Gasteiger partial charge < -0.3 is 10.1 Å². The molecule has 2 rings (SSSR count). The predicted octanol–water partition coefficient (Wildman–Crippen LogP) is 2.53. The maximum atomic E-state index is 12.3. The van der Waals surface area contributed by atoms with E-state index in [0.717, 1.165) is 22.4 Å². The molecule has 0 heterocycles. The number of amides is 1. The van der Waals surface area contributed by atoms with Crippen LogP contribution in [0.1, 0.15) is 23.1 Å². The van der Waals surface area contributed by atoms with Crippen molar-refractivity contribution in [3.8, 4) is 5.75 Å². The predicted molar refractivity (Wildman–Crippen MR) is 97.2 cm³/mol. The molecule has 2 aromatic carbocycles. The second kappa shape index (κ2) is 7.67. The molecule has 25 heavy (non-hydrogen) atoms. The van der Waals surface area contributed by atoms with E-state index in [1.807, 2.05) is 31.2 Å². The first-order valence-electron chi connectivity index (χ1n) is 7.78. The van der Waals surface area contributed by atoms with Crippen LogP contribution in [0.2, 0.25) is 0 Å². The molecule has 0 aliphatic heterocycles. The number of hydrogen-bond donors (Lipinski definition) is 2. The van der Waals surface area contributed by atoms with E-state index in [0.29, 0.717) is 12.1 Å². The summed E-state index contributed by atoms with van der Waals surface area (Å²) in [7, 11) is -2.25. The van der Waals surface area contributed by atoms with Gasteiger partial charge in [0, 0.05) is 12.1 Å². The van der Waals surface area contributed by atoms with Gasteiger partial charge in [-0.25, -0.2) is 13.6 Å². The van der Waals surface area contributed by atoms with Crippen molar-refractivity contribution in [2.75, 3.05) is 12.4 Å². The fourth-order valence-corrected chi connectivity index (χ4v) is 3.11. The van der Waals surface area contributed by atoms with Gasteiger partial charge in [0.05, 0.1) is 12.0 Å². The van der Waals surface area contributed by atoms with Gasteiger partial charge in [-0.05, 0) is 55.2 Å². The zero-order chi connectivity index (χ0) is 18.6. The van der Waals surface area contributed by atoms with Gasteiger partial charge in [-0.1, -0.05) is 18.2 Å². The highest BCUT2D eigenvalue weighted by atomic mass is 32.2. The summed E-state index contributed by atoms with van der Waals surface area (Å²) in [5, 5.41) is 7.96. The maximum Gasteiger partial charge on any atom is 0.238 e. The fourth-order valence-electron chi connectivity index (χ4n) is 2.49. The molecule has 6 nitrogen and oxygen atoms in total. The summed E-state index contributed by atoms with van der Waals surface area (Å²) >= 11 is 0. The van der Waals surface area contributed by atoms with Crippen LogP contribution in [0.5, 0.6) is 5.75 Å². The fraction of sp³-hybridized carbons (Fsp3) is 0.278. The molecule has 0 aliphatic rings. The van der Waals surface area contributed by atoms with Crippen LogP contribution < -0.4 is 15.2 Å². The highest BCUT2D eigenvalue weighted by molar-refractivity contribution is 7.89. The first kappa shape index (κ1) is 19.0. The Bertz CT molecular complexity index is 892. The topological polar surface area (TPSA) is 98.5 Å². The number of benzene rings is 2. The molecule has 0 fully saturated rings. The number of aryl methyl sites for hydroxylation is 2. The highest BCUT2D eigenvalue weighted by Gasteiger charge is 2.14. The number of primary sulfonamides is 1. The number of nitrogens with two attached hydrogens (primary N) is 1. The molecule has 1 amide bonds. The lowest BCUT2D eigenvalue weighted by Gasteiger charge is -2.13. The number of methoxy groups -OCH3 is 1. The van der Waals surface area contributed by atoms with E-state index in [1.165, 1.54) is 12.1 Å². The van der Waals surface area contributed by atoms with Crippen LogP contribution >= 0.6 is 0 Å². The molecule has 0 unspecified atom stereocenters. The molecule has 0 saturated carbocycles. The number of carbonyl (C=O) groups is 1. The Balaban J connectivity index is 2.14. The second-order valence-electron chi connectivity index (χ2n) is 5.82. The molecule has 0 bridgehead atoms. The number of nitrogens with one attached hydrogen (secondary N) is 1. The molecular weight excluding hydrogens is 340 g/mol. The number of rotatable bonds is 6. The molecule has 2 aromatic rings. The Labute approximate surface area is 148 Å². The van der Waals surface area contributed by atoms with E-state index >= 15 is 0 Å². The van der Waals surface area contributed by atoms with Gasteiger partial charge in [0.15, 0.2) is 0 Å². The van der Waals surface area contributed by atoms with E-state index in [1.54, 1.807) is 14.0 Å². The van der Waals surface area contributed by atoms with E-state index in [9.17, 15) is 13.2 Å². The Morgan fingerprint density at radius 3 is 2.52 bits per heavy atom. The smallest absolute Gasteiger partial charge is 0.238 e. The summed E-state index contributed by atoms with van der Waals surface area (Å²) in [6.07, 6.45) is 0.765. The normalized spacial score (nSPS) is 11.2. The van der Waals surface area contributed by atoms with Crippen molar-refractivity contribution in [1.82, 2.24) is 0 Å². The summed E-state index contributed by atoms with van der Waals surface area (Å²) in [5.41, 5.74) is 2.94. The number of anilines is 1. The lowest BCUT2D eigenvalue weighted by molar-refractivity contribution is -0.116. The van der Waals surface area contributed by atoms with Crippen LogP contribution in [-0.4, -0.2) is 21.4 Å².